The lowest BCUT2D eigenvalue weighted by atomic mass is 9.85. The summed E-state index contributed by atoms with van der Waals surface area (Å²) >= 11 is 0. The van der Waals surface area contributed by atoms with Gasteiger partial charge in [-0.2, -0.15) is 0 Å². The second kappa shape index (κ2) is 21.0. The van der Waals surface area contributed by atoms with E-state index in [2.05, 4.69) is 81.4 Å². The third kappa shape index (κ3) is 10.8. The fourth-order valence-electron chi connectivity index (χ4n) is 6.58. The molecule has 0 unspecified atom stereocenters. The Balaban J connectivity index is 2.81. The highest BCUT2D eigenvalue weighted by Gasteiger charge is 2.25. The molecule has 0 aromatic heterocycles. The van der Waals surface area contributed by atoms with E-state index in [-0.39, 0.29) is 0 Å². The van der Waals surface area contributed by atoms with E-state index < -0.39 is 0 Å². The first-order valence-corrected chi connectivity index (χ1v) is 19.0. The maximum Gasteiger partial charge on any atom is 0.185 e. The maximum absolute atomic E-state index is 6.78. The van der Waals surface area contributed by atoms with Crippen LogP contribution in [0.15, 0.2) is 12.1 Å². The van der Waals surface area contributed by atoms with E-state index in [0.717, 1.165) is 50.0 Å². The van der Waals surface area contributed by atoms with Crippen LogP contribution in [-0.4, -0.2) is 0 Å². The van der Waals surface area contributed by atoms with Gasteiger partial charge in [-0.05, 0) is 111 Å². The van der Waals surface area contributed by atoms with Crippen LogP contribution in [0.3, 0.4) is 0 Å². The Hall–Kier alpha value is -1.96. The number of hydrogen-bond acceptors (Lipinski definition) is 2. The van der Waals surface area contributed by atoms with Crippen LogP contribution in [0.2, 0.25) is 0 Å². The molecule has 2 aromatic carbocycles. The average molecular weight is 607 g/mol. The molecule has 0 saturated carbocycles. The lowest BCUT2D eigenvalue weighted by molar-refractivity contribution is -0.104. The molecule has 2 heteroatoms. The number of hydrogen-bond donors (Lipinski definition) is 0. The Morgan fingerprint density at radius 3 is 0.955 bits per heavy atom. The summed E-state index contributed by atoms with van der Waals surface area (Å²) in [6, 6.07) is 4.97. The van der Waals surface area contributed by atoms with Crippen LogP contribution >= 0.6 is 0 Å². The first-order chi connectivity index (χ1) is 21.3. The van der Waals surface area contributed by atoms with Crippen molar-refractivity contribution in [3.05, 3.63) is 56.6 Å². The Kier molecular flexibility index (Phi) is 18.2. The van der Waals surface area contributed by atoms with Gasteiger partial charge in [-0.25, -0.2) is 0 Å². The van der Waals surface area contributed by atoms with Crippen molar-refractivity contribution in [2.45, 2.75) is 197 Å². The van der Waals surface area contributed by atoms with Gasteiger partial charge in [-0.15, -0.1) is 0 Å². The zero-order valence-corrected chi connectivity index (χ0v) is 30.9. The van der Waals surface area contributed by atoms with Crippen LogP contribution in [0.5, 0.6) is 11.5 Å². The fraction of sp³-hybridized carbons (Fsp3) is 0.714. The van der Waals surface area contributed by atoms with Crippen molar-refractivity contribution < 1.29 is 9.78 Å². The molecule has 0 aliphatic rings. The summed E-state index contributed by atoms with van der Waals surface area (Å²) in [5, 5.41) is 0. The molecule has 44 heavy (non-hydrogen) atoms. The van der Waals surface area contributed by atoms with Gasteiger partial charge in [0.05, 0.1) is 0 Å². The van der Waals surface area contributed by atoms with E-state index in [0.29, 0.717) is 11.8 Å². The quantitative estimate of drug-likeness (QED) is 0.0925. The van der Waals surface area contributed by atoms with Crippen molar-refractivity contribution in [1.29, 1.82) is 0 Å². The highest BCUT2D eigenvalue weighted by Crippen LogP contribution is 2.41. The first-order valence-electron chi connectivity index (χ1n) is 19.0. The number of rotatable bonds is 23. The summed E-state index contributed by atoms with van der Waals surface area (Å²) in [4.78, 5) is 13.6. The predicted molar refractivity (Wildman–Crippen MR) is 194 cm³/mol. The van der Waals surface area contributed by atoms with Crippen molar-refractivity contribution in [3.8, 4) is 11.5 Å². The summed E-state index contributed by atoms with van der Waals surface area (Å²) in [6.07, 6.45) is 21.2. The van der Waals surface area contributed by atoms with Gasteiger partial charge in [0.15, 0.2) is 11.5 Å². The molecule has 2 rings (SSSR count). The van der Waals surface area contributed by atoms with Crippen molar-refractivity contribution in [2.24, 2.45) is 0 Å². The zero-order chi connectivity index (χ0) is 32.5. The summed E-state index contributed by atoms with van der Waals surface area (Å²) in [5.74, 6) is 2.77. The van der Waals surface area contributed by atoms with E-state index in [1.54, 1.807) is 22.3 Å². The standard InChI is InChI=1S/C42H70O2/c1-11-17-23-33-29-39(31(7)8)41(37(27-21-15-5)35(33)25-19-13-3)43-44-42-38(28-22-16-6)36(26-20-14-4)34(24-18-12-2)30-40(42)32(9)10/h29-32H,11-28H2,1-10H3. The van der Waals surface area contributed by atoms with Crippen LogP contribution in [0.4, 0.5) is 0 Å². The molecule has 0 N–H and O–H groups in total. The Labute approximate surface area is 274 Å². The largest absolute Gasteiger partial charge is 0.289 e. The highest BCUT2D eigenvalue weighted by atomic mass is 17.2. The fourth-order valence-corrected chi connectivity index (χ4v) is 6.58. The molecule has 250 valence electrons. The molecule has 0 atom stereocenters. The van der Waals surface area contributed by atoms with Gasteiger partial charge in [0, 0.05) is 22.3 Å². The van der Waals surface area contributed by atoms with Crippen LogP contribution in [-0.2, 0) is 38.5 Å². The van der Waals surface area contributed by atoms with Crippen LogP contribution in [0, 0.1) is 0 Å². The van der Waals surface area contributed by atoms with Crippen LogP contribution in [0.1, 0.15) is 203 Å². The van der Waals surface area contributed by atoms with Crippen LogP contribution in [0.25, 0.3) is 0 Å². The third-order valence-electron chi connectivity index (χ3n) is 9.41. The minimum Gasteiger partial charge on any atom is -0.289 e. The highest BCUT2D eigenvalue weighted by molar-refractivity contribution is 5.54. The molecule has 0 radical (unpaired) electrons. The van der Waals surface area contributed by atoms with Gasteiger partial charge in [0.1, 0.15) is 0 Å². The van der Waals surface area contributed by atoms with E-state index in [9.17, 15) is 0 Å². The lowest BCUT2D eigenvalue weighted by Crippen LogP contribution is -2.15. The molecule has 0 saturated heterocycles. The summed E-state index contributed by atoms with van der Waals surface area (Å²) in [5.41, 5.74) is 11.7. The van der Waals surface area contributed by atoms with E-state index in [1.165, 1.54) is 99.3 Å². The maximum atomic E-state index is 6.78. The van der Waals surface area contributed by atoms with Gasteiger partial charge < -0.3 is 0 Å². The average Bonchev–Trinajstić information content (AvgIpc) is 3.01. The SMILES string of the molecule is CCCCc1cc(C(C)C)c(OOc2c(C(C)C)cc(CCCC)c(CCCC)c2CCCC)c(CCCC)c1CCCC. The molecular formula is C42H70O2. The topological polar surface area (TPSA) is 18.5 Å². The Morgan fingerprint density at radius 1 is 0.409 bits per heavy atom. The molecule has 0 amide bonds. The number of unbranched alkanes of at least 4 members (excludes halogenated alkanes) is 6. The van der Waals surface area contributed by atoms with Crippen molar-refractivity contribution in [1.82, 2.24) is 0 Å². The third-order valence-corrected chi connectivity index (χ3v) is 9.41. The lowest BCUT2D eigenvalue weighted by Gasteiger charge is -2.26. The molecule has 0 aliphatic carbocycles. The van der Waals surface area contributed by atoms with Gasteiger partial charge in [0.2, 0.25) is 0 Å². The van der Waals surface area contributed by atoms with E-state index in [4.69, 9.17) is 9.78 Å². The Bertz CT molecular complexity index is 1010. The molecule has 0 heterocycles. The predicted octanol–water partition coefficient (Wildman–Crippen LogP) is 13.4. The molecule has 0 aliphatic heterocycles. The minimum atomic E-state index is 0.371. The van der Waals surface area contributed by atoms with Gasteiger partial charge >= 0.3 is 0 Å². The smallest absolute Gasteiger partial charge is 0.185 e. The second-order valence-electron chi connectivity index (χ2n) is 13.9. The molecule has 0 fully saturated rings. The Morgan fingerprint density at radius 2 is 0.682 bits per heavy atom. The second-order valence-corrected chi connectivity index (χ2v) is 13.9. The zero-order valence-electron chi connectivity index (χ0n) is 30.9. The van der Waals surface area contributed by atoms with Crippen molar-refractivity contribution in [3.63, 3.8) is 0 Å². The van der Waals surface area contributed by atoms with E-state index >= 15 is 0 Å². The van der Waals surface area contributed by atoms with Gasteiger partial charge in [0.25, 0.3) is 0 Å². The van der Waals surface area contributed by atoms with Gasteiger partial charge in [-0.1, -0.05) is 120 Å². The van der Waals surface area contributed by atoms with Crippen molar-refractivity contribution >= 4 is 0 Å². The molecule has 2 aromatic rings. The summed E-state index contributed by atoms with van der Waals surface area (Å²) < 4.78 is 0. The minimum absolute atomic E-state index is 0.371. The first kappa shape index (κ1) is 38.2. The molecule has 0 spiro atoms. The normalized spacial score (nSPS) is 11.6. The molecule has 0 bridgehead atoms. The van der Waals surface area contributed by atoms with Gasteiger partial charge in [-0.3, -0.25) is 9.78 Å². The van der Waals surface area contributed by atoms with Crippen molar-refractivity contribution in [2.75, 3.05) is 0 Å². The molecule has 2 nitrogen and oxygen atoms in total. The van der Waals surface area contributed by atoms with Crippen LogP contribution < -0.4 is 9.78 Å². The molecular weight excluding hydrogens is 536 g/mol. The monoisotopic (exact) mass is 607 g/mol. The number of aryl methyl sites for hydroxylation is 2. The summed E-state index contributed by atoms with van der Waals surface area (Å²) in [6.45, 7) is 23.1. The number of benzene rings is 2. The summed E-state index contributed by atoms with van der Waals surface area (Å²) in [7, 11) is 0. The van der Waals surface area contributed by atoms with E-state index in [1.807, 2.05) is 0 Å².